The zero-order valence-electron chi connectivity index (χ0n) is 9.55. The van der Waals surface area contributed by atoms with Crippen LogP contribution in [0.1, 0.15) is 28.5 Å². The lowest BCUT2D eigenvalue weighted by Gasteiger charge is -2.01. The summed E-state index contributed by atoms with van der Waals surface area (Å²) in [5, 5.41) is 1.41. The highest BCUT2D eigenvalue weighted by Crippen LogP contribution is 2.33. The minimum Gasteiger partial charge on any atom is -0.326 e. The first-order valence-corrected chi connectivity index (χ1v) is 6.20. The van der Waals surface area contributed by atoms with Gasteiger partial charge in [0.2, 0.25) is 0 Å². The Morgan fingerprint density at radius 3 is 2.47 bits per heavy atom. The van der Waals surface area contributed by atoms with E-state index in [1.54, 1.807) is 0 Å². The minimum atomic E-state index is 0.667. The molecule has 2 heteroatoms. The Morgan fingerprint density at radius 1 is 1.20 bits per heavy atom. The van der Waals surface area contributed by atoms with Gasteiger partial charge in [-0.3, -0.25) is 0 Å². The number of rotatable bonds is 2. The average molecular weight is 219 g/mol. The van der Waals surface area contributed by atoms with Crippen LogP contribution >= 0.6 is 11.3 Å². The molecule has 0 spiro atoms. The number of hydrogen-bond acceptors (Lipinski definition) is 2. The molecule has 0 aliphatic heterocycles. The fourth-order valence-corrected chi connectivity index (χ4v) is 3.26. The van der Waals surface area contributed by atoms with Crippen molar-refractivity contribution >= 4 is 21.4 Å². The third kappa shape index (κ3) is 1.68. The van der Waals surface area contributed by atoms with Crippen molar-refractivity contribution in [3.63, 3.8) is 0 Å². The Morgan fingerprint density at radius 2 is 1.87 bits per heavy atom. The standard InChI is InChI=1S/C13H17NS/c1-4-10-11-5-8(2)9(3)6-12(11)15-13(10)7-14/h5-6H,4,7,14H2,1-3H3. The van der Waals surface area contributed by atoms with Crippen LogP contribution in [-0.4, -0.2) is 0 Å². The number of hydrogen-bond donors (Lipinski definition) is 1. The predicted octanol–water partition coefficient (Wildman–Crippen LogP) is 3.54. The van der Waals surface area contributed by atoms with Crippen LogP contribution in [0.25, 0.3) is 10.1 Å². The zero-order chi connectivity index (χ0) is 11.0. The van der Waals surface area contributed by atoms with E-state index in [0.717, 1.165) is 6.42 Å². The van der Waals surface area contributed by atoms with E-state index in [-0.39, 0.29) is 0 Å². The zero-order valence-corrected chi connectivity index (χ0v) is 10.4. The van der Waals surface area contributed by atoms with Crippen LogP contribution in [0.2, 0.25) is 0 Å². The second-order valence-electron chi connectivity index (χ2n) is 3.99. The van der Waals surface area contributed by atoms with Gasteiger partial charge in [-0.25, -0.2) is 0 Å². The molecular formula is C13H17NS. The van der Waals surface area contributed by atoms with E-state index in [2.05, 4.69) is 32.9 Å². The summed E-state index contributed by atoms with van der Waals surface area (Å²) in [5.74, 6) is 0. The third-order valence-corrected chi connectivity index (χ3v) is 4.25. The SMILES string of the molecule is CCc1c(CN)sc2cc(C)c(C)cc12. The molecule has 0 bridgehead atoms. The molecule has 15 heavy (non-hydrogen) atoms. The van der Waals surface area contributed by atoms with Crippen LogP contribution in [0.3, 0.4) is 0 Å². The van der Waals surface area contributed by atoms with E-state index in [1.807, 2.05) is 11.3 Å². The molecule has 2 rings (SSSR count). The van der Waals surface area contributed by atoms with Gasteiger partial charge in [-0.05, 0) is 48.4 Å². The summed E-state index contributed by atoms with van der Waals surface area (Å²) in [5.41, 5.74) is 9.97. The number of nitrogens with two attached hydrogens (primary N) is 1. The maximum absolute atomic E-state index is 5.78. The van der Waals surface area contributed by atoms with Gasteiger partial charge in [0, 0.05) is 16.1 Å². The lowest BCUT2D eigenvalue weighted by Crippen LogP contribution is -1.96. The number of thiophene rings is 1. The molecule has 0 amide bonds. The highest BCUT2D eigenvalue weighted by atomic mass is 32.1. The van der Waals surface area contributed by atoms with Crippen LogP contribution in [0, 0.1) is 13.8 Å². The fraction of sp³-hybridized carbons (Fsp3) is 0.385. The lowest BCUT2D eigenvalue weighted by molar-refractivity contribution is 1.05. The van der Waals surface area contributed by atoms with Crippen LogP contribution < -0.4 is 5.73 Å². The van der Waals surface area contributed by atoms with Crippen molar-refractivity contribution in [2.24, 2.45) is 5.73 Å². The highest BCUT2D eigenvalue weighted by Gasteiger charge is 2.10. The van der Waals surface area contributed by atoms with Gasteiger partial charge in [-0.1, -0.05) is 13.0 Å². The van der Waals surface area contributed by atoms with Gasteiger partial charge in [0.05, 0.1) is 0 Å². The van der Waals surface area contributed by atoms with Crippen LogP contribution in [0.5, 0.6) is 0 Å². The maximum Gasteiger partial charge on any atom is 0.0351 e. The van der Waals surface area contributed by atoms with Crippen molar-refractivity contribution in [2.45, 2.75) is 33.7 Å². The molecule has 0 radical (unpaired) electrons. The molecule has 0 atom stereocenters. The van der Waals surface area contributed by atoms with Crippen molar-refractivity contribution in [2.75, 3.05) is 0 Å². The molecule has 1 nitrogen and oxygen atoms in total. The molecule has 0 unspecified atom stereocenters. The van der Waals surface area contributed by atoms with E-state index < -0.39 is 0 Å². The van der Waals surface area contributed by atoms with Gasteiger partial charge >= 0.3 is 0 Å². The van der Waals surface area contributed by atoms with Crippen molar-refractivity contribution < 1.29 is 0 Å². The molecule has 0 saturated heterocycles. The van der Waals surface area contributed by atoms with Crippen LogP contribution in [0.4, 0.5) is 0 Å². The van der Waals surface area contributed by atoms with Crippen molar-refractivity contribution in [1.29, 1.82) is 0 Å². The van der Waals surface area contributed by atoms with Crippen molar-refractivity contribution in [3.05, 3.63) is 33.7 Å². The first-order valence-electron chi connectivity index (χ1n) is 5.39. The normalized spacial score (nSPS) is 11.2. The molecule has 0 fully saturated rings. The van der Waals surface area contributed by atoms with Gasteiger partial charge in [0.15, 0.2) is 0 Å². The minimum absolute atomic E-state index is 0.667. The summed E-state index contributed by atoms with van der Waals surface area (Å²) in [6, 6.07) is 4.59. The largest absolute Gasteiger partial charge is 0.326 e. The topological polar surface area (TPSA) is 26.0 Å². The smallest absolute Gasteiger partial charge is 0.0351 e. The Hall–Kier alpha value is -0.860. The second-order valence-corrected chi connectivity index (χ2v) is 5.13. The highest BCUT2D eigenvalue weighted by molar-refractivity contribution is 7.19. The van der Waals surface area contributed by atoms with Crippen molar-refractivity contribution in [3.8, 4) is 0 Å². The molecule has 1 aromatic carbocycles. The Balaban J connectivity index is 2.77. The average Bonchev–Trinajstić information content (AvgIpc) is 2.56. The molecule has 1 aromatic heterocycles. The summed E-state index contributed by atoms with van der Waals surface area (Å²) in [6.45, 7) is 7.21. The van der Waals surface area contributed by atoms with Crippen LogP contribution in [-0.2, 0) is 13.0 Å². The summed E-state index contributed by atoms with van der Waals surface area (Å²) >= 11 is 1.85. The van der Waals surface area contributed by atoms with E-state index in [0.29, 0.717) is 6.54 Å². The molecular weight excluding hydrogens is 202 g/mol. The van der Waals surface area contributed by atoms with Gasteiger partial charge in [0.1, 0.15) is 0 Å². The first-order chi connectivity index (χ1) is 7.17. The Kier molecular flexibility index (Phi) is 2.81. The van der Waals surface area contributed by atoms with Gasteiger partial charge < -0.3 is 5.73 Å². The van der Waals surface area contributed by atoms with Gasteiger partial charge in [-0.15, -0.1) is 11.3 Å². The molecule has 1 heterocycles. The van der Waals surface area contributed by atoms with E-state index in [4.69, 9.17) is 5.73 Å². The molecule has 2 aromatic rings. The third-order valence-electron chi connectivity index (χ3n) is 3.03. The molecule has 0 aliphatic rings. The monoisotopic (exact) mass is 219 g/mol. The van der Waals surface area contributed by atoms with Gasteiger partial charge in [-0.2, -0.15) is 0 Å². The summed E-state index contributed by atoms with van der Waals surface area (Å²) in [7, 11) is 0. The summed E-state index contributed by atoms with van der Waals surface area (Å²) < 4.78 is 1.38. The fourth-order valence-electron chi connectivity index (χ4n) is 2.01. The van der Waals surface area contributed by atoms with Gasteiger partial charge in [0.25, 0.3) is 0 Å². The number of benzene rings is 1. The van der Waals surface area contributed by atoms with E-state index in [1.165, 1.54) is 31.7 Å². The molecule has 0 aliphatic carbocycles. The summed E-state index contributed by atoms with van der Waals surface area (Å²) in [4.78, 5) is 1.34. The maximum atomic E-state index is 5.78. The Bertz CT molecular complexity index is 497. The quantitative estimate of drug-likeness (QED) is 0.821. The van der Waals surface area contributed by atoms with Crippen molar-refractivity contribution in [1.82, 2.24) is 0 Å². The molecule has 2 N–H and O–H groups in total. The van der Waals surface area contributed by atoms with E-state index >= 15 is 0 Å². The van der Waals surface area contributed by atoms with Crippen LogP contribution in [0.15, 0.2) is 12.1 Å². The number of aryl methyl sites for hydroxylation is 3. The summed E-state index contributed by atoms with van der Waals surface area (Å²) in [6.07, 6.45) is 1.08. The molecule has 0 saturated carbocycles. The second kappa shape index (κ2) is 3.95. The predicted molar refractivity (Wildman–Crippen MR) is 68.6 cm³/mol. The molecule has 80 valence electrons. The Labute approximate surface area is 94.9 Å². The van der Waals surface area contributed by atoms with E-state index in [9.17, 15) is 0 Å². The lowest BCUT2D eigenvalue weighted by atomic mass is 10.0. The number of fused-ring (bicyclic) bond motifs is 1. The first kappa shape index (κ1) is 10.7.